The van der Waals surface area contributed by atoms with Gasteiger partial charge in [-0.05, 0) is 50.5 Å². The number of anilines is 1. The van der Waals surface area contributed by atoms with Crippen molar-refractivity contribution in [2.75, 3.05) is 5.32 Å². The normalized spacial score (nSPS) is 12.1. The number of carbonyl (C=O) groups is 1. The number of nitrogens with one attached hydrogen (secondary N) is 2. The van der Waals surface area contributed by atoms with Gasteiger partial charge >= 0.3 is 11.8 Å². The lowest BCUT2D eigenvalue weighted by molar-refractivity contribution is 0.0635. The van der Waals surface area contributed by atoms with Crippen molar-refractivity contribution < 1.29 is 9.53 Å². The minimum atomic E-state index is -0.689. The van der Waals surface area contributed by atoms with E-state index in [0.717, 1.165) is 21.0 Å². The van der Waals surface area contributed by atoms with Gasteiger partial charge in [0.2, 0.25) is 0 Å². The molecule has 2 N–H and O–H groups in total. The van der Waals surface area contributed by atoms with Gasteiger partial charge in [0.1, 0.15) is 16.7 Å². The molecule has 0 aliphatic carbocycles. The maximum Gasteiger partial charge on any atom is 0.413 e. The Balaban J connectivity index is 1.74. The Morgan fingerprint density at radius 2 is 1.93 bits per heavy atom. The van der Waals surface area contributed by atoms with E-state index in [1.807, 2.05) is 32.2 Å². The summed E-state index contributed by atoms with van der Waals surface area (Å²) in [5, 5.41) is 9.23. The van der Waals surface area contributed by atoms with E-state index in [9.17, 15) is 14.4 Å². The van der Waals surface area contributed by atoms with Crippen LogP contribution >= 0.6 is 11.6 Å². The summed E-state index contributed by atoms with van der Waals surface area (Å²) >= 11 is 6.30. The number of aryl methyl sites for hydroxylation is 1. The second-order valence-electron chi connectivity index (χ2n) is 11.5. The molecule has 0 aliphatic heterocycles. The second-order valence-corrected chi connectivity index (χ2v) is 12.0. The highest BCUT2D eigenvalue weighted by atomic mass is 35.5. The third kappa shape index (κ3) is 5.39. The van der Waals surface area contributed by atoms with Gasteiger partial charge in [0, 0.05) is 49.0 Å². The number of amides is 1. The Hall–Kier alpha value is -4.32. The maximum absolute atomic E-state index is 13.7. The number of hydrogen-bond acceptors (Lipinski definition) is 6. The van der Waals surface area contributed by atoms with Gasteiger partial charge in [0.05, 0.1) is 6.54 Å². The fourth-order valence-electron chi connectivity index (χ4n) is 4.83. The number of imidazole rings is 1. The lowest BCUT2D eigenvalue weighted by atomic mass is 10.1. The Labute approximate surface area is 240 Å². The molecule has 12 nitrogen and oxygen atoms in total. The SMILES string of the molecule is CC(C)Cn1c(=O)n(C)c(=O)c2c(-c3nc(NC(=O)OC(C)(C)C)cn3C)n(Cc3c[nH]c4ccc(Cl)cc34)nc21. The second kappa shape index (κ2) is 10.3. The van der Waals surface area contributed by atoms with Gasteiger partial charge < -0.3 is 14.3 Å². The van der Waals surface area contributed by atoms with Crippen LogP contribution in [0, 0.1) is 5.92 Å². The van der Waals surface area contributed by atoms with E-state index in [0.29, 0.717) is 23.1 Å². The van der Waals surface area contributed by atoms with E-state index < -0.39 is 22.9 Å². The largest absolute Gasteiger partial charge is 0.444 e. The van der Waals surface area contributed by atoms with Gasteiger partial charge in [-0.15, -0.1) is 0 Å². The zero-order valence-electron chi connectivity index (χ0n) is 24.1. The highest BCUT2D eigenvalue weighted by Gasteiger charge is 2.27. The predicted octanol–water partition coefficient (Wildman–Crippen LogP) is 4.48. The molecular weight excluding hydrogens is 548 g/mol. The van der Waals surface area contributed by atoms with Crippen LogP contribution in [0.25, 0.3) is 33.5 Å². The van der Waals surface area contributed by atoms with E-state index in [4.69, 9.17) is 21.4 Å². The Morgan fingerprint density at radius 1 is 1.20 bits per heavy atom. The molecule has 0 spiro atoms. The number of aromatic nitrogens is 7. The molecule has 1 aromatic carbocycles. The molecule has 0 saturated heterocycles. The highest BCUT2D eigenvalue weighted by molar-refractivity contribution is 6.31. The van der Waals surface area contributed by atoms with E-state index in [1.54, 1.807) is 49.3 Å². The van der Waals surface area contributed by atoms with Crippen molar-refractivity contribution >= 4 is 45.4 Å². The van der Waals surface area contributed by atoms with Gasteiger partial charge in [-0.1, -0.05) is 25.4 Å². The smallest absolute Gasteiger partial charge is 0.413 e. The molecular formula is C28H33ClN8O4. The number of aromatic amines is 1. The van der Waals surface area contributed by atoms with Crippen molar-refractivity contribution in [3.63, 3.8) is 0 Å². The number of hydrogen-bond donors (Lipinski definition) is 2. The van der Waals surface area contributed by atoms with Crippen molar-refractivity contribution in [3.8, 4) is 11.5 Å². The van der Waals surface area contributed by atoms with Gasteiger partial charge in [-0.3, -0.25) is 23.9 Å². The minimum Gasteiger partial charge on any atom is -0.444 e. The average molecular weight is 581 g/mol. The van der Waals surface area contributed by atoms with Crippen LogP contribution in [0.15, 0.2) is 40.2 Å². The minimum absolute atomic E-state index is 0.121. The van der Waals surface area contributed by atoms with Gasteiger partial charge in [0.15, 0.2) is 17.3 Å². The van der Waals surface area contributed by atoms with Crippen LogP contribution in [0.1, 0.15) is 40.2 Å². The Kier molecular flexibility index (Phi) is 7.06. The average Bonchev–Trinajstić information content (AvgIpc) is 3.54. The van der Waals surface area contributed by atoms with Crippen molar-refractivity contribution in [2.24, 2.45) is 20.0 Å². The van der Waals surface area contributed by atoms with Gasteiger partial charge in [0.25, 0.3) is 5.56 Å². The van der Waals surface area contributed by atoms with Crippen molar-refractivity contribution in [3.05, 3.63) is 62.0 Å². The molecule has 4 aromatic heterocycles. The fourth-order valence-corrected chi connectivity index (χ4v) is 5.00. The number of H-pyrrole nitrogens is 1. The molecule has 0 radical (unpaired) electrons. The third-order valence-electron chi connectivity index (χ3n) is 6.54. The molecule has 0 unspecified atom stereocenters. The summed E-state index contributed by atoms with van der Waals surface area (Å²) in [5.41, 5.74) is 0.837. The van der Waals surface area contributed by atoms with Crippen LogP contribution in [0.4, 0.5) is 10.6 Å². The first-order valence-electron chi connectivity index (χ1n) is 13.2. The summed E-state index contributed by atoms with van der Waals surface area (Å²) in [6.07, 6.45) is 2.84. The maximum atomic E-state index is 13.7. The summed E-state index contributed by atoms with van der Waals surface area (Å²) in [6, 6.07) is 5.56. The number of benzene rings is 1. The fraction of sp³-hybridized carbons (Fsp3) is 0.393. The molecule has 0 saturated carbocycles. The van der Waals surface area contributed by atoms with Crippen LogP contribution in [0.5, 0.6) is 0 Å². The molecule has 13 heteroatoms. The topological polar surface area (TPSA) is 134 Å². The monoisotopic (exact) mass is 580 g/mol. The molecule has 0 atom stereocenters. The molecule has 1 amide bonds. The van der Waals surface area contributed by atoms with Crippen molar-refractivity contribution in [2.45, 2.75) is 53.3 Å². The third-order valence-corrected chi connectivity index (χ3v) is 6.78. The summed E-state index contributed by atoms with van der Waals surface area (Å²) in [7, 11) is 3.21. The molecule has 4 heterocycles. The Morgan fingerprint density at radius 3 is 2.61 bits per heavy atom. The molecule has 5 rings (SSSR count). The number of carbonyl (C=O) groups excluding carboxylic acids is 1. The van der Waals surface area contributed by atoms with Crippen LogP contribution in [0.3, 0.4) is 0 Å². The van der Waals surface area contributed by atoms with E-state index >= 15 is 0 Å². The summed E-state index contributed by atoms with van der Waals surface area (Å²) in [5.74, 6) is 0.739. The standard InChI is InChI=1S/C28H33ClN8O4/c1-15(2)12-36-23-21(25(38)35(7)27(36)40)22(24-31-20(14-34(24)6)32-26(39)41-28(3,4)5)37(33-23)13-16-11-30-19-9-8-17(29)10-18(16)19/h8-11,14-15,30H,12-13H2,1-7H3,(H,32,39). The summed E-state index contributed by atoms with van der Waals surface area (Å²) in [4.78, 5) is 47.2. The van der Waals surface area contributed by atoms with E-state index in [2.05, 4.69) is 15.3 Å². The lowest BCUT2D eigenvalue weighted by Gasteiger charge is -2.19. The number of nitrogens with zero attached hydrogens (tertiary/aromatic N) is 6. The number of fused-ring (bicyclic) bond motifs is 2. The van der Waals surface area contributed by atoms with Crippen LogP contribution < -0.4 is 16.6 Å². The number of halogens is 1. The van der Waals surface area contributed by atoms with Crippen molar-refractivity contribution in [1.29, 1.82) is 0 Å². The highest BCUT2D eigenvalue weighted by Crippen LogP contribution is 2.30. The molecule has 0 fully saturated rings. The first-order chi connectivity index (χ1) is 19.2. The first kappa shape index (κ1) is 28.2. The van der Waals surface area contributed by atoms with Crippen molar-refractivity contribution in [1.82, 2.24) is 33.4 Å². The van der Waals surface area contributed by atoms with Gasteiger partial charge in [-0.2, -0.15) is 5.10 Å². The first-order valence-corrected chi connectivity index (χ1v) is 13.6. The summed E-state index contributed by atoms with van der Waals surface area (Å²) in [6.45, 7) is 9.91. The van der Waals surface area contributed by atoms with Gasteiger partial charge in [-0.25, -0.2) is 14.6 Å². The molecule has 5 aromatic rings. The summed E-state index contributed by atoms with van der Waals surface area (Å²) < 4.78 is 11.4. The molecule has 0 bridgehead atoms. The lowest BCUT2D eigenvalue weighted by Crippen LogP contribution is -2.38. The van der Waals surface area contributed by atoms with Crippen LogP contribution in [-0.4, -0.2) is 45.1 Å². The number of rotatable bonds is 6. The molecule has 216 valence electrons. The van der Waals surface area contributed by atoms with Crippen LogP contribution in [-0.2, 0) is 31.9 Å². The molecule has 0 aliphatic rings. The number of ether oxygens (including phenoxy) is 1. The predicted molar refractivity (Wildman–Crippen MR) is 159 cm³/mol. The zero-order chi connectivity index (χ0) is 29.8. The van der Waals surface area contributed by atoms with E-state index in [-0.39, 0.29) is 29.3 Å². The Bertz CT molecular complexity index is 1920. The zero-order valence-corrected chi connectivity index (χ0v) is 24.8. The quantitative estimate of drug-likeness (QED) is 0.304. The molecule has 41 heavy (non-hydrogen) atoms. The van der Waals surface area contributed by atoms with E-state index in [1.165, 1.54) is 11.6 Å². The van der Waals surface area contributed by atoms with Crippen LogP contribution in [0.2, 0.25) is 5.02 Å².